The van der Waals surface area contributed by atoms with E-state index < -0.39 is 11.8 Å². The molecule has 2 heterocycles. The fraction of sp³-hybridized carbons (Fsp3) is 0.476. The molecule has 0 aliphatic carbocycles. The molecule has 30 heavy (non-hydrogen) atoms. The zero-order chi connectivity index (χ0) is 21.2. The Kier molecular flexibility index (Phi) is 9.45. The Morgan fingerprint density at radius 2 is 2.03 bits per heavy atom. The Labute approximate surface area is 185 Å². The van der Waals surface area contributed by atoms with Crippen LogP contribution in [-0.2, 0) is 0 Å². The molecule has 1 aromatic carbocycles. The molecule has 1 saturated heterocycles. The largest absolute Gasteiger partial charge is 0.384 e. The maximum Gasteiger partial charge on any atom is 0.214 e. The first-order valence-corrected chi connectivity index (χ1v) is 11.5. The minimum Gasteiger partial charge on any atom is -0.384 e. The molecule has 9 heteroatoms. The molecule has 164 valence electrons. The molecule has 4 N–H and O–H groups in total. The lowest BCUT2D eigenvalue weighted by molar-refractivity contribution is 0.521. The van der Waals surface area contributed by atoms with Crippen molar-refractivity contribution in [2.45, 2.75) is 43.0 Å². The number of aromatic nitrogens is 1. The maximum atomic E-state index is 14.4. The molecule has 0 spiro atoms. The first-order valence-electron chi connectivity index (χ1n) is 10.3. The number of pyridine rings is 1. The number of hydrogen-bond acceptors (Lipinski definition) is 6. The summed E-state index contributed by atoms with van der Waals surface area (Å²) in [6.45, 7) is 3.94. The summed E-state index contributed by atoms with van der Waals surface area (Å²) in [5.74, 6) is -0.688. The van der Waals surface area contributed by atoms with Crippen molar-refractivity contribution in [3.63, 3.8) is 0 Å². The topological polar surface area (TPSA) is 61.0 Å². The number of rotatable bonds is 12. The molecule has 2 aromatic rings. The number of hydrogen-bond donors (Lipinski definition) is 4. The summed E-state index contributed by atoms with van der Waals surface area (Å²) in [5.41, 5.74) is 0.577. The summed E-state index contributed by atoms with van der Waals surface area (Å²) < 4.78 is 30.3. The van der Waals surface area contributed by atoms with Crippen molar-refractivity contribution in [2.75, 3.05) is 36.2 Å². The summed E-state index contributed by atoms with van der Waals surface area (Å²) in [4.78, 5) is 4.00. The highest BCUT2D eigenvalue weighted by atomic mass is 35.5. The van der Waals surface area contributed by atoms with Gasteiger partial charge >= 0.3 is 0 Å². The number of unbranched alkanes of at least 4 members (excludes halogenated alkanes) is 2. The molecule has 0 bridgehead atoms. The number of nitrogens with one attached hydrogen (secondary N) is 4. The number of halogens is 3. The van der Waals surface area contributed by atoms with Crippen LogP contribution in [0.1, 0.15) is 32.1 Å². The third kappa shape index (κ3) is 7.58. The van der Waals surface area contributed by atoms with Gasteiger partial charge in [-0.3, -0.25) is 0 Å². The SMILES string of the molecule is Fc1cccc(NSc2cc(Cl)c(NCCCCCNCC3CCCN3)cc2F)n1. The van der Waals surface area contributed by atoms with Gasteiger partial charge in [-0.05, 0) is 75.0 Å². The van der Waals surface area contributed by atoms with E-state index in [2.05, 4.69) is 25.7 Å². The predicted octanol–water partition coefficient (Wildman–Crippen LogP) is 5.06. The highest BCUT2D eigenvalue weighted by molar-refractivity contribution is 8.00. The molecule has 0 saturated carbocycles. The van der Waals surface area contributed by atoms with Gasteiger partial charge in [-0.1, -0.05) is 24.1 Å². The zero-order valence-electron chi connectivity index (χ0n) is 16.8. The second-order valence-electron chi connectivity index (χ2n) is 7.30. The van der Waals surface area contributed by atoms with Gasteiger partial charge in [-0.25, -0.2) is 9.37 Å². The van der Waals surface area contributed by atoms with Crippen LogP contribution in [-0.4, -0.2) is 37.2 Å². The highest BCUT2D eigenvalue weighted by Gasteiger charge is 2.12. The Morgan fingerprint density at radius 1 is 1.17 bits per heavy atom. The van der Waals surface area contributed by atoms with Gasteiger partial charge in [-0.15, -0.1) is 0 Å². The van der Waals surface area contributed by atoms with Crippen molar-refractivity contribution >= 4 is 35.1 Å². The summed E-state index contributed by atoms with van der Waals surface area (Å²) in [7, 11) is 0. The van der Waals surface area contributed by atoms with Gasteiger partial charge in [0.1, 0.15) is 11.6 Å². The van der Waals surface area contributed by atoms with E-state index in [1.54, 1.807) is 12.1 Å². The Hall–Kier alpha value is -1.61. The molecule has 1 atom stereocenters. The van der Waals surface area contributed by atoms with E-state index in [0.29, 0.717) is 27.5 Å². The minimum atomic E-state index is -0.597. The average molecular weight is 456 g/mol. The van der Waals surface area contributed by atoms with Gasteiger partial charge in [0.2, 0.25) is 5.95 Å². The summed E-state index contributed by atoms with van der Waals surface area (Å²) >= 11 is 7.29. The van der Waals surface area contributed by atoms with Gasteiger partial charge in [0.25, 0.3) is 0 Å². The van der Waals surface area contributed by atoms with Gasteiger partial charge < -0.3 is 20.7 Å². The first kappa shape index (κ1) is 23.1. The van der Waals surface area contributed by atoms with Crippen molar-refractivity contribution in [2.24, 2.45) is 0 Å². The van der Waals surface area contributed by atoms with Gasteiger partial charge in [0, 0.05) is 19.1 Å². The number of anilines is 2. The minimum absolute atomic E-state index is 0.312. The molecular weight excluding hydrogens is 428 g/mol. The smallest absolute Gasteiger partial charge is 0.214 e. The third-order valence-electron chi connectivity index (χ3n) is 4.90. The number of nitrogens with zero attached hydrogens (tertiary/aromatic N) is 1. The van der Waals surface area contributed by atoms with Crippen LogP contribution in [0.5, 0.6) is 0 Å². The van der Waals surface area contributed by atoms with Gasteiger partial charge in [0.15, 0.2) is 0 Å². The van der Waals surface area contributed by atoms with E-state index >= 15 is 0 Å². The molecule has 0 amide bonds. The average Bonchev–Trinajstić information content (AvgIpc) is 3.24. The first-order chi connectivity index (χ1) is 14.6. The van der Waals surface area contributed by atoms with E-state index in [1.807, 2.05) is 0 Å². The summed E-state index contributed by atoms with van der Waals surface area (Å²) in [6.07, 6.45) is 5.75. The molecule has 1 aliphatic heterocycles. The van der Waals surface area contributed by atoms with E-state index in [1.165, 1.54) is 31.0 Å². The van der Waals surface area contributed by atoms with Crippen LogP contribution in [0.4, 0.5) is 20.3 Å². The van der Waals surface area contributed by atoms with Crippen molar-refractivity contribution in [1.29, 1.82) is 0 Å². The van der Waals surface area contributed by atoms with E-state index in [0.717, 1.165) is 57.4 Å². The lowest BCUT2D eigenvalue weighted by Crippen LogP contribution is -2.34. The second kappa shape index (κ2) is 12.3. The molecule has 1 fully saturated rings. The highest BCUT2D eigenvalue weighted by Crippen LogP contribution is 2.31. The van der Waals surface area contributed by atoms with Crippen LogP contribution in [0, 0.1) is 11.8 Å². The fourth-order valence-electron chi connectivity index (χ4n) is 3.30. The molecule has 1 unspecified atom stereocenters. The zero-order valence-corrected chi connectivity index (χ0v) is 18.4. The van der Waals surface area contributed by atoms with Crippen LogP contribution in [0.15, 0.2) is 35.2 Å². The number of benzene rings is 1. The summed E-state index contributed by atoms with van der Waals surface area (Å²) in [6, 6.07) is 7.96. The van der Waals surface area contributed by atoms with Crippen LogP contribution < -0.4 is 20.7 Å². The third-order valence-corrected chi connectivity index (χ3v) is 6.06. The standard InChI is InChI=1S/C21H28ClF2N5S/c22-16-12-19(30-29-21-8-4-7-20(24)28-21)17(23)13-18(16)27-10-3-1-2-9-25-14-15-6-5-11-26-15/h4,7-8,12-13,15,25-27H,1-3,5-6,9-11,14H2,(H,28,29). The lowest BCUT2D eigenvalue weighted by atomic mass is 10.2. The fourth-order valence-corrected chi connectivity index (χ4v) is 4.25. The maximum absolute atomic E-state index is 14.4. The van der Waals surface area contributed by atoms with E-state index in [-0.39, 0.29) is 0 Å². The molecule has 0 radical (unpaired) electrons. The van der Waals surface area contributed by atoms with Crippen LogP contribution in [0.2, 0.25) is 5.02 Å². The molecule has 5 nitrogen and oxygen atoms in total. The van der Waals surface area contributed by atoms with Crippen molar-refractivity contribution < 1.29 is 8.78 Å². The Morgan fingerprint density at radius 3 is 2.83 bits per heavy atom. The van der Waals surface area contributed by atoms with E-state index in [9.17, 15) is 8.78 Å². The molecular formula is C21H28ClF2N5S. The van der Waals surface area contributed by atoms with Crippen LogP contribution in [0.3, 0.4) is 0 Å². The second-order valence-corrected chi connectivity index (χ2v) is 8.55. The quantitative estimate of drug-likeness (QED) is 0.204. The van der Waals surface area contributed by atoms with Crippen LogP contribution in [0.25, 0.3) is 0 Å². The van der Waals surface area contributed by atoms with Crippen LogP contribution >= 0.6 is 23.5 Å². The molecule has 3 rings (SSSR count). The van der Waals surface area contributed by atoms with Crippen molar-refractivity contribution in [3.05, 3.63) is 47.1 Å². The molecule has 1 aliphatic rings. The molecule has 1 aromatic heterocycles. The lowest BCUT2D eigenvalue weighted by Gasteiger charge is -2.12. The van der Waals surface area contributed by atoms with Gasteiger partial charge in [0.05, 0.1) is 15.6 Å². The normalized spacial score (nSPS) is 16.0. The van der Waals surface area contributed by atoms with E-state index in [4.69, 9.17) is 11.6 Å². The Balaban J connectivity index is 1.34. The van der Waals surface area contributed by atoms with Gasteiger partial charge in [-0.2, -0.15) is 4.39 Å². The Bertz CT molecular complexity index is 805. The van der Waals surface area contributed by atoms with Crippen molar-refractivity contribution in [1.82, 2.24) is 15.6 Å². The van der Waals surface area contributed by atoms with Crippen molar-refractivity contribution in [3.8, 4) is 0 Å². The monoisotopic (exact) mass is 455 g/mol. The predicted molar refractivity (Wildman–Crippen MR) is 121 cm³/mol. The summed E-state index contributed by atoms with van der Waals surface area (Å²) in [5, 5.41) is 10.6.